The molecule has 0 fully saturated rings. The number of para-hydroxylation sites is 1. The second kappa shape index (κ2) is 8.49. The SMILES string of the molecule is CCc1ccccc1-n1cnnc1SCC(=O)NNC(=O)C(C)C. The molecule has 1 aromatic heterocycles. The molecule has 0 aliphatic heterocycles. The first-order valence-electron chi connectivity index (χ1n) is 7.72. The third kappa shape index (κ3) is 4.58. The summed E-state index contributed by atoms with van der Waals surface area (Å²) in [4.78, 5) is 23.3. The third-order valence-electron chi connectivity index (χ3n) is 3.33. The monoisotopic (exact) mass is 347 g/mol. The molecule has 2 rings (SSSR count). The van der Waals surface area contributed by atoms with Crippen LogP contribution in [-0.4, -0.2) is 32.3 Å². The highest BCUT2D eigenvalue weighted by molar-refractivity contribution is 7.99. The second-order valence-corrected chi connectivity index (χ2v) is 6.39. The van der Waals surface area contributed by atoms with Crippen molar-refractivity contribution < 1.29 is 9.59 Å². The van der Waals surface area contributed by atoms with Crippen molar-refractivity contribution >= 4 is 23.6 Å². The molecule has 0 spiro atoms. The minimum absolute atomic E-state index is 0.130. The first-order chi connectivity index (χ1) is 11.5. The van der Waals surface area contributed by atoms with Gasteiger partial charge in [-0.2, -0.15) is 0 Å². The van der Waals surface area contributed by atoms with Gasteiger partial charge in [-0.3, -0.25) is 25.0 Å². The van der Waals surface area contributed by atoms with Gasteiger partial charge in [-0.1, -0.05) is 50.7 Å². The lowest BCUT2D eigenvalue weighted by molar-refractivity contribution is -0.129. The van der Waals surface area contributed by atoms with Crippen LogP contribution in [0.5, 0.6) is 0 Å². The van der Waals surface area contributed by atoms with Crippen LogP contribution in [0.15, 0.2) is 35.7 Å². The van der Waals surface area contributed by atoms with Crippen molar-refractivity contribution in [1.29, 1.82) is 0 Å². The maximum atomic E-state index is 11.8. The number of benzene rings is 1. The standard InChI is InChI=1S/C16H21N5O2S/c1-4-12-7-5-6-8-13(12)21-10-17-20-16(21)24-9-14(22)18-19-15(23)11(2)3/h5-8,10-11H,4,9H2,1-3H3,(H,18,22)(H,19,23). The number of rotatable bonds is 6. The highest BCUT2D eigenvalue weighted by atomic mass is 32.2. The number of nitrogens with one attached hydrogen (secondary N) is 2. The van der Waals surface area contributed by atoms with Gasteiger partial charge in [0.1, 0.15) is 6.33 Å². The van der Waals surface area contributed by atoms with Crippen LogP contribution in [0.2, 0.25) is 0 Å². The van der Waals surface area contributed by atoms with Gasteiger partial charge in [0.05, 0.1) is 11.4 Å². The quantitative estimate of drug-likeness (QED) is 0.614. The lowest BCUT2D eigenvalue weighted by Crippen LogP contribution is -2.44. The third-order valence-corrected chi connectivity index (χ3v) is 4.27. The Morgan fingerprint density at radius 2 is 2.00 bits per heavy atom. The van der Waals surface area contributed by atoms with Crippen LogP contribution >= 0.6 is 11.8 Å². The summed E-state index contributed by atoms with van der Waals surface area (Å²) in [5.41, 5.74) is 6.95. The summed E-state index contributed by atoms with van der Waals surface area (Å²) in [5.74, 6) is -0.585. The number of hydrazine groups is 1. The van der Waals surface area contributed by atoms with E-state index in [2.05, 4.69) is 34.0 Å². The Balaban J connectivity index is 1.99. The molecule has 8 heteroatoms. The molecule has 0 bridgehead atoms. The molecule has 0 unspecified atom stereocenters. The molecule has 0 aliphatic rings. The Bertz CT molecular complexity index is 714. The molecule has 0 radical (unpaired) electrons. The molecule has 24 heavy (non-hydrogen) atoms. The predicted molar refractivity (Wildman–Crippen MR) is 92.6 cm³/mol. The Hall–Kier alpha value is -2.35. The van der Waals surface area contributed by atoms with E-state index in [0.717, 1.165) is 12.1 Å². The van der Waals surface area contributed by atoms with Crippen molar-refractivity contribution in [2.24, 2.45) is 5.92 Å². The molecule has 2 N–H and O–H groups in total. The zero-order chi connectivity index (χ0) is 17.5. The molecular formula is C16H21N5O2S. The first-order valence-corrected chi connectivity index (χ1v) is 8.71. The van der Waals surface area contributed by atoms with E-state index >= 15 is 0 Å². The number of thioether (sulfide) groups is 1. The zero-order valence-corrected chi connectivity index (χ0v) is 14.8. The van der Waals surface area contributed by atoms with Crippen LogP contribution in [0.4, 0.5) is 0 Å². The largest absolute Gasteiger partial charge is 0.276 e. The maximum absolute atomic E-state index is 11.8. The number of carbonyl (C=O) groups excluding carboxylic acids is 2. The Morgan fingerprint density at radius 1 is 1.25 bits per heavy atom. The summed E-state index contributed by atoms with van der Waals surface area (Å²) in [7, 11) is 0. The van der Waals surface area contributed by atoms with Crippen molar-refractivity contribution in [3.8, 4) is 5.69 Å². The average Bonchev–Trinajstić information content (AvgIpc) is 3.05. The second-order valence-electron chi connectivity index (χ2n) is 5.45. The number of aromatic nitrogens is 3. The molecule has 0 saturated heterocycles. The van der Waals surface area contributed by atoms with Gasteiger partial charge in [0.2, 0.25) is 11.8 Å². The molecule has 7 nitrogen and oxygen atoms in total. The topological polar surface area (TPSA) is 88.9 Å². The van der Waals surface area contributed by atoms with Crippen molar-refractivity contribution in [3.63, 3.8) is 0 Å². The molecule has 0 atom stereocenters. The summed E-state index contributed by atoms with van der Waals surface area (Å²) in [5, 5.41) is 8.64. The van der Waals surface area contributed by atoms with Crippen LogP contribution < -0.4 is 10.9 Å². The van der Waals surface area contributed by atoms with Crippen molar-refractivity contribution in [2.45, 2.75) is 32.3 Å². The minimum atomic E-state index is -0.299. The van der Waals surface area contributed by atoms with Gasteiger partial charge in [-0.15, -0.1) is 10.2 Å². The maximum Gasteiger partial charge on any atom is 0.248 e. The van der Waals surface area contributed by atoms with Gasteiger partial charge in [0, 0.05) is 5.92 Å². The number of nitrogens with zero attached hydrogens (tertiary/aromatic N) is 3. The van der Waals surface area contributed by atoms with E-state index in [0.29, 0.717) is 5.16 Å². The van der Waals surface area contributed by atoms with E-state index in [4.69, 9.17) is 0 Å². The van der Waals surface area contributed by atoms with Crippen molar-refractivity contribution in [3.05, 3.63) is 36.2 Å². The van der Waals surface area contributed by atoms with Gasteiger partial charge in [0.15, 0.2) is 5.16 Å². The van der Waals surface area contributed by atoms with E-state index in [-0.39, 0.29) is 23.5 Å². The van der Waals surface area contributed by atoms with E-state index < -0.39 is 0 Å². The number of carbonyl (C=O) groups is 2. The molecule has 0 saturated carbocycles. The number of hydrogen-bond donors (Lipinski definition) is 2. The fourth-order valence-electron chi connectivity index (χ4n) is 1.97. The molecule has 2 amide bonds. The van der Waals surface area contributed by atoms with Gasteiger partial charge < -0.3 is 0 Å². The number of aryl methyl sites for hydroxylation is 1. The van der Waals surface area contributed by atoms with Gasteiger partial charge in [0.25, 0.3) is 0 Å². The van der Waals surface area contributed by atoms with Crippen LogP contribution in [0.25, 0.3) is 5.69 Å². The van der Waals surface area contributed by atoms with E-state index in [1.165, 1.54) is 17.3 Å². The first kappa shape index (κ1) is 18.0. The van der Waals surface area contributed by atoms with E-state index in [1.807, 2.05) is 22.8 Å². The highest BCUT2D eigenvalue weighted by Crippen LogP contribution is 2.22. The van der Waals surface area contributed by atoms with Gasteiger partial charge in [-0.25, -0.2) is 0 Å². The predicted octanol–water partition coefficient (Wildman–Crippen LogP) is 1.73. The summed E-state index contributed by atoms with van der Waals surface area (Å²) < 4.78 is 1.86. The summed E-state index contributed by atoms with van der Waals surface area (Å²) in [6.07, 6.45) is 2.52. The van der Waals surface area contributed by atoms with Crippen LogP contribution in [0.1, 0.15) is 26.3 Å². The minimum Gasteiger partial charge on any atom is -0.276 e. The highest BCUT2D eigenvalue weighted by Gasteiger charge is 2.13. The van der Waals surface area contributed by atoms with Crippen LogP contribution in [-0.2, 0) is 16.0 Å². The molecule has 128 valence electrons. The van der Waals surface area contributed by atoms with Crippen LogP contribution in [0, 0.1) is 5.92 Å². The lowest BCUT2D eigenvalue weighted by atomic mass is 10.1. The van der Waals surface area contributed by atoms with E-state index in [9.17, 15) is 9.59 Å². The fourth-order valence-corrected chi connectivity index (χ4v) is 2.70. The Morgan fingerprint density at radius 3 is 2.71 bits per heavy atom. The summed E-state index contributed by atoms with van der Waals surface area (Å²) in [6.45, 7) is 5.59. The Labute approximate surface area is 145 Å². The summed E-state index contributed by atoms with van der Waals surface area (Å²) >= 11 is 1.26. The van der Waals surface area contributed by atoms with Gasteiger partial charge >= 0.3 is 0 Å². The number of amides is 2. The molecule has 0 aliphatic carbocycles. The molecule has 2 aromatic rings. The number of hydrogen-bond acceptors (Lipinski definition) is 5. The Kier molecular flexibility index (Phi) is 6.36. The lowest BCUT2D eigenvalue weighted by Gasteiger charge is -2.11. The molecular weight excluding hydrogens is 326 g/mol. The van der Waals surface area contributed by atoms with E-state index in [1.54, 1.807) is 20.2 Å². The smallest absolute Gasteiger partial charge is 0.248 e. The molecule has 1 heterocycles. The van der Waals surface area contributed by atoms with Crippen LogP contribution in [0.3, 0.4) is 0 Å². The molecule has 1 aromatic carbocycles. The normalized spacial score (nSPS) is 10.7. The van der Waals surface area contributed by atoms with Crippen molar-refractivity contribution in [2.75, 3.05) is 5.75 Å². The van der Waals surface area contributed by atoms with Gasteiger partial charge in [-0.05, 0) is 18.1 Å². The zero-order valence-electron chi connectivity index (χ0n) is 13.9. The van der Waals surface area contributed by atoms with Crippen molar-refractivity contribution in [1.82, 2.24) is 25.6 Å². The summed E-state index contributed by atoms with van der Waals surface area (Å²) in [6, 6.07) is 7.99. The average molecular weight is 347 g/mol. The fraction of sp³-hybridized carbons (Fsp3) is 0.375.